The van der Waals surface area contributed by atoms with Gasteiger partial charge in [0.2, 0.25) is 0 Å². The molecule has 0 radical (unpaired) electrons. The maximum atomic E-state index is 2.47. The number of fused-ring (bicyclic) bond motifs is 6. The topological polar surface area (TPSA) is 0 Å². The van der Waals surface area contributed by atoms with E-state index in [2.05, 4.69) is 112 Å². The van der Waals surface area contributed by atoms with Crippen LogP contribution in [0.1, 0.15) is 30.5 Å². The monoisotopic (exact) mass is 384 g/mol. The maximum absolute atomic E-state index is 2.47. The van der Waals surface area contributed by atoms with Gasteiger partial charge in [-0.25, -0.2) is 0 Å². The van der Waals surface area contributed by atoms with E-state index in [-0.39, 0.29) is 5.41 Å². The van der Waals surface area contributed by atoms with Crippen molar-refractivity contribution in [1.82, 2.24) is 0 Å². The lowest BCUT2D eigenvalue weighted by Gasteiger charge is -2.23. The Bertz CT molecular complexity index is 1470. The molecule has 0 fully saturated rings. The molecule has 0 unspecified atom stereocenters. The molecule has 30 heavy (non-hydrogen) atoms. The molecule has 0 atom stereocenters. The summed E-state index contributed by atoms with van der Waals surface area (Å²) in [5.74, 6) is 0. The molecule has 0 heterocycles. The molecule has 0 heteroatoms. The highest BCUT2D eigenvalue weighted by molar-refractivity contribution is 6.12. The van der Waals surface area contributed by atoms with E-state index in [9.17, 15) is 0 Å². The summed E-state index contributed by atoms with van der Waals surface area (Å²) in [4.78, 5) is 0. The van der Waals surface area contributed by atoms with Gasteiger partial charge in [0.05, 0.1) is 0 Å². The molecular weight excluding hydrogens is 360 g/mol. The quantitative estimate of drug-likeness (QED) is 0.273. The van der Waals surface area contributed by atoms with Gasteiger partial charge >= 0.3 is 0 Å². The van der Waals surface area contributed by atoms with Crippen molar-refractivity contribution in [2.24, 2.45) is 0 Å². The van der Waals surface area contributed by atoms with Gasteiger partial charge in [-0.2, -0.15) is 0 Å². The Hall–Kier alpha value is -3.38. The standard InChI is InChI=1S/C30H24/c1-19-16-17-23(21-11-5-4-10-20(19)21)26-18-28-29(24-13-7-6-12-22(24)26)25-14-8-9-15-27(25)30(28,2)3/h4-18H,1-3H3. The molecule has 0 spiro atoms. The minimum Gasteiger partial charge on any atom is -0.0619 e. The summed E-state index contributed by atoms with van der Waals surface area (Å²) in [5, 5.41) is 5.35. The average molecular weight is 385 g/mol. The van der Waals surface area contributed by atoms with Gasteiger partial charge in [-0.3, -0.25) is 0 Å². The smallest absolute Gasteiger partial charge is 0.0159 e. The second-order valence-corrected chi connectivity index (χ2v) is 9.04. The molecule has 0 aliphatic heterocycles. The highest BCUT2D eigenvalue weighted by Gasteiger charge is 2.36. The van der Waals surface area contributed by atoms with Crippen molar-refractivity contribution in [3.8, 4) is 22.3 Å². The third-order valence-corrected chi connectivity index (χ3v) is 7.02. The lowest BCUT2D eigenvalue weighted by atomic mass is 9.80. The van der Waals surface area contributed by atoms with E-state index in [1.165, 1.54) is 60.5 Å². The summed E-state index contributed by atoms with van der Waals surface area (Å²) in [5.41, 5.74) is 9.63. The van der Waals surface area contributed by atoms with Crippen molar-refractivity contribution in [3.05, 3.63) is 108 Å². The zero-order valence-electron chi connectivity index (χ0n) is 17.7. The molecule has 1 aliphatic carbocycles. The predicted molar refractivity (Wildman–Crippen MR) is 129 cm³/mol. The van der Waals surface area contributed by atoms with Gasteiger partial charge in [0.15, 0.2) is 0 Å². The lowest BCUT2D eigenvalue weighted by molar-refractivity contribution is 0.661. The lowest BCUT2D eigenvalue weighted by Crippen LogP contribution is -2.15. The molecule has 0 saturated carbocycles. The van der Waals surface area contributed by atoms with Crippen LogP contribution in [0.15, 0.2) is 91.0 Å². The number of benzene rings is 5. The minimum atomic E-state index is -0.00872. The van der Waals surface area contributed by atoms with Gasteiger partial charge in [0, 0.05) is 5.41 Å². The second kappa shape index (κ2) is 6.06. The van der Waals surface area contributed by atoms with Gasteiger partial charge < -0.3 is 0 Å². The molecular formula is C30H24. The van der Waals surface area contributed by atoms with Crippen LogP contribution in [0.3, 0.4) is 0 Å². The van der Waals surface area contributed by atoms with Gasteiger partial charge in [0.25, 0.3) is 0 Å². The van der Waals surface area contributed by atoms with Gasteiger partial charge in [-0.05, 0) is 73.5 Å². The molecule has 6 rings (SSSR count). The van der Waals surface area contributed by atoms with Crippen molar-refractivity contribution >= 4 is 21.5 Å². The van der Waals surface area contributed by atoms with Crippen molar-refractivity contribution < 1.29 is 0 Å². The molecule has 0 amide bonds. The summed E-state index contributed by atoms with van der Waals surface area (Å²) < 4.78 is 0. The fourth-order valence-electron chi connectivity index (χ4n) is 5.46. The molecule has 0 aromatic heterocycles. The van der Waals surface area contributed by atoms with Crippen molar-refractivity contribution in [3.63, 3.8) is 0 Å². The highest BCUT2D eigenvalue weighted by Crippen LogP contribution is 2.53. The summed E-state index contributed by atoms with van der Waals surface area (Å²) >= 11 is 0. The first-order valence-corrected chi connectivity index (χ1v) is 10.7. The fourth-order valence-corrected chi connectivity index (χ4v) is 5.46. The molecule has 0 nitrogen and oxygen atoms in total. The first-order chi connectivity index (χ1) is 14.6. The number of aryl methyl sites for hydroxylation is 1. The minimum absolute atomic E-state index is 0.00872. The van der Waals surface area contributed by atoms with Gasteiger partial charge in [0.1, 0.15) is 0 Å². The van der Waals surface area contributed by atoms with E-state index < -0.39 is 0 Å². The van der Waals surface area contributed by atoms with Gasteiger partial charge in [-0.1, -0.05) is 98.8 Å². The summed E-state index contributed by atoms with van der Waals surface area (Å²) in [7, 11) is 0. The Labute approximate surface area is 177 Å². The van der Waals surface area contributed by atoms with E-state index in [0.717, 1.165) is 0 Å². The van der Waals surface area contributed by atoms with Crippen LogP contribution in [-0.4, -0.2) is 0 Å². The van der Waals surface area contributed by atoms with Crippen LogP contribution >= 0.6 is 0 Å². The van der Waals surface area contributed by atoms with E-state index in [4.69, 9.17) is 0 Å². The van der Waals surface area contributed by atoms with Crippen molar-refractivity contribution in [2.45, 2.75) is 26.2 Å². The Balaban J connectivity index is 1.78. The molecule has 0 bridgehead atoms. The number of hydrogen-bond donors (Lipinski definition) is 0. The normalized spacial score (nSPS) is 14.1. The van der Waals surface area contributed by atoms with Crippen LogP contribution in [0.4, 0.5) is 0 Å². The summed E-state index contributed by atoms with van der Waals surface area (Å²) in [6, 6.07) is 33.7. The van der Waals surface area contributed by atoms with Gasteiger partial charge in [-0.15, -0.1) is 0 Å². The zero-order valence-corrected chi connectivity index (χ0v) is 17.7. The third-order valence-electron chi connectivity index (χ3n) is 7.02. The van der Waals surface area contributed by atoms with Crippen molar-refractivity contribution in [1.29, 1.82) is 0 Å². The van der Waals surface area contributed by atoms with Crippen LogP contribution in [-0.2, 0) is 5.41 Å². The molecule has 0 saturated heterocycles. The molecule has 0 N–H and O–H groups in total. The van der Waals surface area contributed by atoms with E-state index in [1.807, 2.05) is 0 Å². The van der Waals surface area contributed by atoms with Crippen LogP contribution in [0.2, 0.25) is 0 Å². The molecule has 144 valence electrons. The number of rotatable bonds is 1. The Morgan fingerprint density at radius 3 is 1.87 bits per heavy atom. The molecule has 5 aromatic rings. The molecule has 5 aromatic carbocycles. The van der Waals surface area contributed by atoms with Crippen molar-refractivity contribution in [2.75, 3.05) is 0 Å². The first kappa shape index (κ1) is 17.5. The summed E-state index contributed by atoms with van der Waals surface area (Å²) in [6.07, 6.45) is 0. The fraction of sp³-hybridized carbons (Fsp3) is 0.133. The van der Waals surface area contributed by atoms with Crippen LogP contribution in [0, 0.1) is 6.92 Å². The Morgan fingerprint density at radius 1 is 0.500 bits per heavy atom. The van der Waals surface area contributed by atoms with E-state index in [0.29, 0.717) is 0 Å². The van der Waals surface area contributed by atoms with E-state index in [1.54, 1.807) is 0 Å². The second-order valence-electron chi connectivity index (χ2n) is 9.04. The van der Waals surface area contributed by atoms with Crippen LogP contribution < -0.4 is 0 Å². The highest BCUT2D eigenvalue weighted by atomic mass is 14.4. The largest absolute Gasteiger partial charge is 0.0619 e. The number of hydrogen-bond acceptors (Lipinski definition) is 0. The van der Waals surface area contributed by atoms with E-state index >= 15 is 0 Å². The Morgan fingerprint density at radius 2 is 1.10 bits per heavy atom. The van der Waals surface area contributed by atoms with Crippen LogP contribution in [0.5, 0.6) is 0 Å². The summed E-state index contributed by atoms with van der Waals surface area (Å²) in [6.45, 7) is 6.93. The third kappa shape index (κ3) is 2.22. The molecule has 1 aliphatic rings. The Kier molecular flexibility index (Phi) is 3.53. The predicted octanol–water partition coefficient (Wildman–Crippen LogP) is 8.27. The average Bonchev–Trinajstić information content (AvgIpc) is 3.01. The first-order valence-electron chi connectivity index (χ1n) is 10.7. The maximum Gasteiger partial charge on any atom is 0.0159 e. The SMILES string of the molecule is Cc1ccc(-c2cc3c(c4ccccc24)-c2ccccc2C3(C)C)c2ccccc12. The van der Waals surface area contributed by atoms with Crippen LogP contribution in [0.25, 0.3) is 43.8 Å². The zero-order chi connectivity index (χ0) is 20.5.